The Balaban J connectivity index is 2.63. The van der Waals surface area contributed by atoms with Crippen molar-refractivity contribution in [3.63, 3.8) is 0 Å². The molecule has 0 bridgehead atoms. The molecule has 0 atom stereocenters. The van der Waals surface area contributed by atoms with E-state index >= 15 is 0 Å². The quantitative estimate of drug-likeness (QED) is 0.520. The van der Waals surface area contributed by atoms with Gasteiger partial charge in [0.05, 0.1) is 11.5 Å². The molecule has 20 heavy (non-hydrogen) atoms. The van der Waals surface area contributed by atoms with Gasteiger partial charge in [0.1, 0.15) is 5.75 Å². The van der Waals surface area contributed by atoms with Gasteiger partial charge >= 0.3 is 0 Å². The maximum absolute atomic E-state index is 11.4. The Kier molecular flexibility index (Phi) is 6.83. The van der Waals surface area contributed by atoms with Crippen molar-refractivity contribution < 1.29 is 13.2 Å². The van der Waals surface area contributed by atoms with E-state index in [4.69, 9.17) is 15.4 Å². The summed E-state index contributed by atoms with van der Waals surface area (Å²) < 4.78 is 28.5. The van der Waals surface area contributed by atoms with Crippen LogP contribution in [0.3, 0.4) is 0 Å². The van der Waals surface area contributed by atoms with Gasteiger partial charge in [0.2, 0.25) is 0 Å². The lowest BCUT2D eigenvalue weighted by molar-refractivity contribution is 0.302. The van der Waals surface area contributed by atoms with Gasteiger partial charge in [-0.25, -0.2) is 8.42 Å². The summed E-state index contributed by atoms with van der Waals surface area (Å²) in [6.07, 6.45) is 5.92. The molecule has 0 unspecified atom stereocenters. The third-order valence-electron chi connectivity index (χ3n) is 3.46. The first-order chi connectivity index (χ1) is 9.38. The average Bonchev–Trinajstić information content (AvgIpc) is 2.37. The van der Waals surface area contributed by atoms with Gasteiger partial charge in [0, 0.05) is 10.7 Å². The molecule has 0 aliphatic heterocycles. The molecule has 1 aromatic carbocycles. The van der Waals surface area contributed by atoms with Crippen molar-refractivity contribution in [1.29, 1.82) is 0 Å². The van der Waals surface area contributed by atoms with Gasteiger partial charge in [0.15, 0.2) is 0 Å². The predicted octanol–water partition coefficient (Wildman–Crippen LogP) is 4.58. The van der Waals surface area contributed by atoms with Crippen LogP contribution in [-0.4, -0.2) is 15.0 Å². The fourth-order valence-electron chi connectivity index (χ4n) is 2.08. The summed E-state index contributed by atoms with van der Waals surface area (Å²) >= 11 is 0. The van der Waals surface area contributed by atoms with Gasteiger partial charge in [0.25, 0.3) is 9.05 Å². The molecule has 0 N–H and O–H groups in total. The third-order valence-corrected chi connectivity index (χ3v) is 4.92. The highest BCUT2D eigenvalue weighted by Crippen LogP contribution is 2.29. The maximum atomic E-state index is 11.4. The second-order valence-electron chi connectivity index (χ2n) is 5.01. The minimum atomic E-state index is -3.69. The van der Waals surface area contributed by atoms with Crippen LogP contribution in [0.4, 0.5) is 0 Å². The maximum Gasteiger partial charge on any atom is 0.261 e. The Hall–Kier alpha value is -0.740. The summed E-state index contributed by atoms with van der Waals surface area (Å²) in [5, 5.41) is 0. The SMILES string of the molecule is CCCCCCCOc1ccc(S(=O)(=O)Cl)c(C)c1C. The van der Waals surface area contributed by atoms with Crippen molar-refractivity contribution in [1.82, 2.24) is 0 Å². The van der Waals surface area contributed by atoms with Crippen LogP contribution in [0.2, 0.25) is 0 Å². The summed E-state index contributed by atoms with van der Waals surface area (Å²) in [5.74, 6) is 0.738. The number of hydrogen-bond acceptors (Lipinski definition) is 3. The van der Waals surface area contributed by atoms with E-state index in [1.54, 1.807) is 13.0 Å². The molecule has 0 aliphatic rings. The molecule has 0 heterocycles. The van der Waals surface area contributed by atoms with Crippen molar-refractivity contribution in [2.24, 2.45) is 0 Å². The lowest BCUT2D eigenvalue weighted by Crippen LogP contribution is -2.02. The Labute approximate surface area is 126 Å². The second-order valence-corrected chi connectivity index (χ2v) is 7.55. The Morgan fingerprint density at radius 3 is 2.30 bits per heavy atom. The first-order valence-corrected chi connectivity index (χ1v) is 9.36. The fraction of sp³-hybridized carbons (Fsp3) is 0.600. The van der Waals surface area contributed by atoms with Crippen molar-refractivity contribution in [3.05, 3.63) is 23.3 Å². The van der Waals surface area contributed by atoms with Crippen molar-refractivity contribution >= 4 is 19.7 Å². The van der Waals surface area contributed by atoms with Gasteiger partial charge < -0.3 is 4.74 Å². The monoisotopic (exact) mass is 318 g/mol. The number of unbranched alkanes of at least 4 members (excludes halogenated alkanes) is 4. The number of hydrogen-bond donors (Lipinski definition) is 0. The number of benzene rings is 1. The Morgan fingerprint density at radius 1 is 1.05 bits per heavy atom. The summed E-state index contributed by atoms with van der Waals surface area (Å²) in [7, 11) is 1.70. The fourth-order valence-corrected chi connectivity index (χ4v) is 3.33. The first-order valence-electron chi connectivity index (χ1n) is 7.05. The van der Waals surface area contributed by atoms with E-state index in [0.29, 0.717) is 12.2 Å². The molecule has 0 radical (unpaired) electrons. The normalized spacial score (nSPS) is 11.6. The van der Waals surface area contributed by atoms with Gasteiger partial charge in [-0.1, -0.05) is 32.6 Å². The highest BCUT2D eigenvalue weighted by Gasteiger charge is 2.16. The van der Waals surface area contributed by atoms with Crippen LogP contribution in [0.1, 0.15) is 50.2 Å². The van der Waals surface area contributed by atoms with Crippen LogP contribution in [0.5, 0.6) is 5.75 Å². The molecule has 0 aliphatic carbocycles. The molecular formula is C15H23ClO3S. The van der Waals surface area contributed by atoms with E-state index < -0.39 is 9.05 Å². The Bertz CT molecular complexity index is 538. The van der Waals surface area contributed by atoms with Gasteiger partial charge in [-0.15, -0.1) is 0 Å². The smallest absolute Gasteiger partial charge is 0.261 e. The van der Waals surface area contributed by atoms with Crippen LogP contribution in [0.25, 0.3) is 0 Å². The molecule has 0 saturated heterocycles. The van der Waals surface area contributed by atoms with E-state index in [1.165, 1.54) is 31.7 Å². The highest BCUT2D eigenvalue weighted by molar-refractivity contribution is 8.13. The molecule has 3 nitrogen and oxygen atoms in total. The van der Waals surface area contributed by atoms with Crippen LogP contribution >= 0.6 is 10.7 Å². The molecule has 114 valence electrons. The van der Waals surface area contributed by atoms with Crippen molar-refractivity contribution in [2.45, 2.75) is 57.8 Å². The van der Waals surface area contributed by atoms with E-state index in [-0.39, 0.29) is 4.90 Å². The first kappa shape index (κ1) is 17.3. The molecule has 0 saturated carbocycles. The lowest BCUT2D eigenvalue weighted by atomic mass is 10.1. The van der Waals surface area contributed by atoms with Crippen LogP contribution in [-0.2, 0) is 9.05 Å². The molecule has 5 heteroatoms. The topological polar surface area (TPSA) is 43.4 Å². The summed E-state index contributed by atoms with van der Waals surface area (Å²) in [6.45, 7) is 6.46. The van der Waals surface area contributed by atoms with Crippen molar-refractivity contribution in [2.75, 3.05) is 6.61 Å². The number of rotatable bonds is 8. The zero-order valence-electron chi connectivity index (χ0n) is 12.4. The average molecular weight is 319 g/mol. The third kappa shape index (κ3) is 4.98. The summed E-state index contributed by atoms with van der Waals surface area (Å²) in [4.78, 5) is 0.159. The molecular weight excluding hydrogens is 296 g/mol. The molecule has 0 aromatic heterocycles. The second kappa shape index (κ2) is 7.89. The number of halogens is 1. The van der Waals surface area contributed by atoms with Crippen LogP contribution < -0.4 is 4.74 Å². The van der Waals surface area contributed by atoms with Gasteiger partial charge in [-0.05, 0) is 43.5 Å². The largest absolute Gasteiger partial charge is 0.493 e. The van der Waals surface area contributed by atoms with Crippen LogP contribution in [0, 0.1) is 13.8 Å². The number of ether oxygens (including phenoxy) is 1. The van der Waals surface area contributed by atoms with E-state index in [2.05, 4.69) is 6.92 Å². The van der Waals surface area contributed by atoms with E-state index in [0.717, 1.165) is 17.7 Å². The highest BCUT2D eigenvalue weighted by atomic mass is 35.7. The molecule has 1 rings (SSSR count). The molecule has 0 amide bonds. The zero-order valence-corrected chi connectivity index (χ0v) is 14.0. The van der Waals surface area contributed by atoms with Gasteiger partial charge in [-0.3, -0.25) is 0 Å². The minimum Gasteiger partial charge on any atom is -0.493 e. The minimum absolute atomic E-state index is 0.159. The standard InChI is InChI=1S/C15H23ClO3S/c1-4-5-6-7-8-11-19-14-9-10-15(20(16,17)18)13(3)12(14)2/h9-10H,4-8,11H2,1-3H3. The lowest BCUT2D eigenvalue weighted by Gasteiger charge is -2.13. The molecule has 0 fully saturated rings. The Morgan fingerprint density at radius 2 is 1.70 bits per heavy atom. The predicted molar refractivity (Wildman–Crippen MR) is 83.2 cm³/mol. The molecule has 0 spiro atoms. The van der Waals surface area contributed by atoms with Crippen molar-refractivity contribution in [3.8, 4) is 5.75 Å². The van der Waals surface area contributed by atoms with Gasteiger partial charge in [-0.2, -0.15) is 0 Å². The summed E-state index contributed by atoms with van der Waals surface area (Å²) in [5.41, 5.74) is 1.49. The summed E-state index contributed by atoms with van der Waals surface area (Å²) in [6, 6.07) is 3.20. The van der Waals surface area contributed by atoms with E-state index in [1.807, 2.05) is 6.92 Å². The van der Waals surface area contributed by atoms with E-state index in [9.17, 15) is 8.42 Å². The molecule has 1 aromatic rings. The van der Waals surface area contributed by atoms with Crippen LogP contribution in [0.15, 0.2) is 17.0 Å². The zero-order chi connectivity index (χ0) is 15.2.